The average Bonchev–Trinajstić information content (AvgIpc) is 3.07. The number of rotatable bonds is 6. The minimum atomic E-state index is 0.277. The molecule has 1 aliphatic rings. The molecule has 1 heterocycles. The van der Waals surface area contributed by atoms with Crippen molar-refractivity contribution in [3.8, 4) is 11.5 Å². The fourth-order valence-corrected chi connectivity index (χ4v) is 2.90. The molecule has 0 aliphatic carbocycles. The predicted molar refractivity (Wildman–Crippen MR) is 101 cm³/mol. The third kappa shape index (κ3) is 4.38. The van der Waals surface area contributed by atoms with E-state index in [1.165, 1.54) is 5.56 Å². The number of benzene rings is 2. The van der Waals surface area contributed by atoms with Crippen LogP contribution in [0, 0.1) is 5.92 Å². The fourth-order valence-electron chi connectivity index (χ4n) is 2.69. The van der Waals surface area contributed by atoms with Gasteiger partial charge in [-0.1, -0.05) is 43.7 Å². The van der Waals surface area contributed by atoms with Crippen LogP contribution in [0.1, 0.15) is 18.9 Å². The van der Waals surface area contributed by atoms with Crippen molar-refractivity contribution in [1.82, 2.24) is 5.32 Å². The topological polar surface area (TPSA) is 42.5 Å². The molecular weight excluding hydrogens is 320 g/mol. The molecule has 1 atom stereocenters. The van der Waals surface area contributed by atoms with Crippen molar-refractivity contribution in [3.05, 3.63) is 54.1 Å². The predicted octanol–water partition coefficient (Wildman–Crippen LogP) is 3.97. The second kappa shape index (κ2) is 8.02. The summed E-state index contributed by atoms with van der Waals surface area (Å²) < 4.78 is 10.7. The van der Waals surface area contributed by atoms with E-state index in [2.05, 4.69) is 41.8 Å². The lowest BCUT2D eigenvalue weighted by Crippen LogP contribution is -2.33. The Hall–Kier alpha value is -2.27. The fraction of sp³-hybridized carbons (Fsp3) is 0.316. The van der Waals surface area contributed by atoms with E-state index in [-0.39, 0.29) is 6.79 Å². The number of hydrogen-bond acceptors (Lipinski definition) is 3. The van der Waals surface area contributed by atoms with Crippen LogP contribution >= 0.6 is 12.2 Å². The van der Waals surface area contributed by atoms with Gasteiger partial charge in [-0.05, 0) is 42.3 Å². The van der Waals surface area contributed by atoms with E-state index in [1.54, 1.807) is 0 Å². The molecule has 0 aromatic heterocycles. The highest BCUT2D eigenvalue weighted by molar-refractivity contribution is 7.80. The minimum absolute atomic E-state index is 0.277. The van der Waals surface area contributed by atoms with Crippen LogP contribution in [0.2, 0.25) is 0 Å². The first-order chi connectivity index (χ1) is 11.7. The van der Waals surface area contributed by atoms with Crippen LogP contribution in [0.4, 0.5) is 5.69 Å². The van der Waals surface area contributed by atoms with Crippen molar-refractivity contribution in [3.63, 3.8) is 0 Å². The third-order valence-corrected chi connectivity index (χ3v) is 4.37. The Morgan fingerprint density at radius 1 is 1.12 bits per heavy atom. The highest BCUT2D eigenvalue weighted by Crippen LogP contribution is 2.34. The molecule has 0 spiro atoms. The highest BCUT2D eigenvalue weighted by Gasteiger charge is 2.14. The average molecular weight is 342 g/mol. The summed E-state index contributed by atoms with van der Waals surface area (Å²) >= 11 is 5.40. The maximum absolute atomic E-state index is 5.40. The van der Waals surface area contributed by atoms with E-state index in [0.717, 1.165) is 36.6 Å². The zero-order chi connectivity index (χ0) is 16.8. The van der Waals surface area contributed by atoms with Gasteiger partial charge in [0.1, 0.15) is 0 Å². The molecule has 5 heteroatoms. The van der Waals surface area contributed by atoms with Gasteiger partial charge in [-0.15, -0.1) is 0 Å². The molecule has 3 rings (SSSR count). The van der Waals surface area contributed by atoms with Crippen molar-refractivity contribution in [2.75, 3.05) is 18.7 Å². The van der Waals surface area contributed by atoms with Crippen LogP contribution in [0.15, 0.2) is 48.5 Å². The molecular formula is C19H22N2O2S. The smallest absolute Gasteiger partial charge is 0.231 e. The quantitative estimate of drug-likeness (QED) is 0.778. The normalized spacial score (nSPS) is 13.4. The van der Waals surface area contributed by atoms with Crippen molar-refractivity contribution in [2.45, 2.75) is 19.8 Å². The molecule has 126 valence electrons. The van der Waals surface area contributed by atoms with Gasteiger partial charge in [0.2, 0.25) is 6.79 Å². The Morgan fingerprint density at radius 2 is 1.92 bits per heavy atom. The first-order valence-corrected chi connectivity index (χ1v) is 8.64. The summed E-state index contributed by atoms with van der Waals surface area (Å²) in [6.45, 7) is 3.34. The second-order valence-electron chi connectivity index (χ2n) is 5.87. The van der Waals surface area contributed by atoms with Crippen LogP contribution in [0.5, 0.6) is 11.5 Å². The van der Waals surface area contributed by atoms with Crippen LogP contribution in [-0.2, 0) is 6.42 Å². The number of anilines is 1. The maximum Gasteiger partial charge on any atom is 0.231 e. The van der Waals surface area contributed by atoms with E-state index >= 15 is 0 Å². The summed E-state index contributed by atoms with van der Waals surface area (Å²) in [5.41, 5.74) is 2.26. The number of hydrogen-bond donors (Lipinski definition) is 2. The lowest BCUT2D eigenvalue weighted by molar-refractivity contribution is 0.174. The van der Waals surface area contributed by atoms with Crippen LogP contribution in [0.25, 0.3) is 0 Å². The molecule has 1 aliphatic heterocycles. The van der Waals surface area contributed by atoms with Crippen LogP contribution in [0.3, 0.4) is 0 Å². The van der Waals surface area contributed by atoms with E-state index in [4.69, 9.17) is 21.7 Å². The van der Waals surface area contributed by atoms with E-state index in [1.807, 2.05) is 24.3 Å². The molecule has 2 aromatic carbocycles. The molecule has 0 amide bonds. The van der Waals surface area contributed by atoms with Gasteiger partial charge in [0.25, 0.3) is 0 Å². The van der Waals surface area contributed by atoms with Gasteiger partial charge in [-0.25, -0.2) is 0 Å². The first-order valence-electron chi connectivity index (χ1n) is 8.23. The molecule has 0 radical (unpaired) electrons. The Morgan fingerprint density at radius 3 is 2.71 bits per heavy atom. The minimum Gasteiger partial charge on any atom is -0.454 e. The molecule has 0 bridgehead atoms. The molecule has 24 heavy (non-hydrogen) atoms. The van der Waals surface area contributed by atoms with Gasteiger partial charge in [-0.2, -0.15) is 0 Å². The van der Waals surface area contributed by atoms with E-state index < -0.39 is 0 Å². The maximum atomic E-state index is 5.40. The van der Waals surface area contributed by atoms with Gasteiger partial charge in [0.05, 0.1) is 0 Å². The summed E-state index contributed by atoms with van der Waals surface area (Å²) in [6, 6.07) is 16.3. The Labute approximate surface area is 148 Å². The van der Waals surface area contributed by atoms with Gasteiger partial charge in [0, 0.05) is 18.3 Å². The zero-order valence-electron chi connectivity index (χ0n) is 13.7. The summed E-state index contributed by atoms with van der Waals surface area (Å²) in [5, 5.41) is 7.14. The standard InChI is InChI=1S/C19H22N2O2S/c1-2-14(10-15-6-4-3-5-7-15)12-20-19(24)21-16-8-9-17-18(11-16)23-13-22-17/h3-9,11,14H,2,10,12-13H2,1H3,(H2,20,21,24). The van der Waals surface area contributed by atoms with Gasteiger partial charge < -0.3 is 20.1 Å². The van der Waals surface area contributed by atoms with Crippen LogP contribution in [-0.4, -0.2) is 18.5 Å². The first kappa shape index (κ1) is 16.6. The largest absolute Gasteiger partial charge is 0.454 e. The number of ether oxygens (including phenoxy) is 2. The van der Waals surface area contributed by atoms with E-state index in [0.29, 0.717) is 11.0 Å². The summed E-state index contributed by atoms with van der Waals surface area (Å²) in [4.78, 5) is 0. The van der Waals surface area contributed by atoms with Gasteiger partial charge in [0.15, 0.2) is 16.6 Å². The van der Waals surface area contributed by atoms with Gasteiger partial charge in [-0.3, -0.25) is 0 Å². The zero-order valence-corrected chi connectivity index (χ0v) is 14.6. The molecule has 0 saturated carbocycles. The molecule has 2 N–H and O–H groups in total. The number of fused-ring (bicyclic) bond motifs is 1. The van der Waals surface area contributed by atoms with Crippen molar-refractivity contribution < 1.29 is 9.47 Å². The Bertz CT molecular complexity index is 691. The number of thiocarbonyl (C=S) groups is 1. The van der Waals surface area contributed by atoms with Crippen molar-refractivity contribution in [1.29, 1.82) is 0 Å². The number of nitrogens with one attached hydrogen (secondary N) is 2. The second-order valence-corrected chi connectivity index (χ2v) is 6.28. The highest BCUT2D eigenvalue weighted by atomic mass is 32.1. The summed E-state index contributed by atoms with van der Waals surface area (Å²) in [7, 11) is 0. The molecule has 4 nitrogen and oxygen atoms in total. The van der Waals surface area contributed by atoms with Crippen molar-refractivity contribution in [2.24, 2.45) is 5.92 Å². The SMILES string of the molecule is CCC(CNC(=S)Nc1ccc2c(c1)OCO2)Cc1ccccc1. The summed E-state index contributed by atoms with van der Waals surface area (Å²) in [6.07, 6.45) is 2.16. The summed E-state index contributed by atoms with van der Waals surface area (Å²) in [5.74, 6) is 2.07. The molecule has 0 fully saturated rings. The lowest BCUT2D eigenvalue weighted by atomic mass is 9.97. The Kier molecular flexibility index (Phi) is 5.54. The monoisotopic (exact) mass is 342 g/mol. The molecule has 1 unspecified atom stereocenters. The van der Waals surface area contributed by atoms with Gasteiger partial charge >= 0.3 is 0 Å². The molecule has 2 aromatic rings. The van der Waals surface area contributed by atoms with E-state index in [9.17, 15) is 0 Å². The molecule has 0 saturated heterocycles. The third-order valence-electron chi connectivity index (χ3n) is 4.13. The lowest BCUT2D eigenvalue weighted by Gasteiger charge is -2.18. The Balaban J connectivity index is 1.49. The van der Waals surface area contributed by atoms with Crippen LogP contribution < -0.4 is 20.1 Å². The van der Waals surface area contributed by atoms with Crippen molar-refractivity contribution >= 4 is 23.0 Å².